The van der Waals surface area contributed by atoms with Gasteiger partial charge >= 0.3 is 6.03 Å². The molecule has 0 atom stereocenters. The third-order valence-electron chi connectivity index (χ3n) is 4.66. The number of hydrogen-bond acceptors (Lipinski definition) is 3. The monoisotopic (exact) mass is 318 g/mol. The van der Waals surface area contributed by atoms with E-state index in [1.54, 1.807) is 7.11 Å². The zero-order valence-electron chi connectivity index (χ0n) is 13.8. The number of ether oxygens (including phenoxy) is 2. The Kier molecular flexibility index (Phi) is 5.26. The third kappa shape index (κ3) is 4.09. The number of methoxy groups -OCH3 is 1. The largest absolute Gasteiger partial charge is 0.493 e. The highest BCUT2D eigenvalue weighted by Gasteiger charge is 2.19. The first-order chi connectivity index (χ1) is 11.3. The molecule has 0 aromatic heterocycles. The molecule has 23 heavy (non-hydrogen) atoms. The number of likely N-dealkylation sites (tertiary alicyclic amines) is 1. The molecule has 2 fully saturated rings. The van der Waals surface area contributed by atoms with E-state index < -0.39 is 0 Å². The summed E-state index contributed by atoms with van der Waals surface area (Å²) in [5.74, 6) is 1.54. The van der Waals surface area contributed by atoms with Crippen LogP contribution in [0.5, 0.6) is 11.5 Å². The van der Waals surface area contributed by atoms with Crippen molar-refractivity contribution in [2.45, 2.75) is 51.2 Å². The Balaban J connectivity index is 1.61. The lowest BCUT2D eigenvalue weighted by molar-refractivity contribution is 0.200. The van der Waals surface area contributed by atoms with E-state index in [-0.39, 0.29) is 6.03 Å². The van der Waals surface area contributed by atoms with Crippen LogP contribution in [0.1, 0.15) is 44.1 Å². The molecule has 1 aliphatic carbocycles. The molecular formula is C18H26N2O3. The fourth-order valence-electron chi connectivity index (χ4n) is 3.32. The summed E-state index contributed by atoms with van der Waals surface area (Å²) in [6, 6.07) is 5.91. The summed E-state index contributed by atoms with van der Waals surface area (Å²) >= 11 is 0. The van der Waals surface area contributed by atoms with Crippen molar-refractivity contribution in [1.82, 2.24) is 10.2 Å². The highest BCUT2D eigenvalue weighted by atomic mass is 16.5. The average molecular weight is 318 g/mol. The van der Waals surface area contributed by atoms with Crippen molar-refractivity contribution in [2.24, 2.45) is 0 Å². The van der Waals surface area contributed by atoms with Gasteiger partial charge in [0.05, 0.1) is 13.2 Å². The lowest BCUT2D eigenvalue weighted by Gasteiger charge is -2.18. The standard InChI is InChI=1S/C18H26N2O3/c1-22-16-9-8-14(12-17(16)23-15-6-2-3-7-15)13-19-18(21)20-10-4-5-11-20/h8-9,12,15H,2-7,10-11,13H2,1H3,(H,19,21). The summed E-state index contributed by atoms with van der Waals surface area (Å²) in [4.78, 5) is 13.9. The summed E-state index contributed by atoms with van der Waals surface area (Å²) in [6.45, 7) is 2.25. The SMILES string of the molecule is COc1ccc(CNC(=O)N2CCCC2)cc1OC1CCCC1. The number of urea groups is 1. The minimum atomic E-state index is 0.0246. The van der Waals surface area contributed by atoms with Gasteiger partial charge in [0.25, 0.3) is 0 Å². The van der Waals surface area contributed by atoms with Gasteiger partial charge < -0.3 is 19.7 Å². The molecule has 0 unspecified atom stereocenters. The highest BCUT2D eigenvalue weighted by Crippen LogP contribution is 2.32. The Bertz CT molecular complexity index is 535. The number of hydrogen-bond donors (Lipinski definition) is 1. The molecule has 0 spiro atoms. The maximum absolute atomic E-state index is 12.1. The molecule has 1 aromatic rings. The molecule has 1 aromatic carbocycles. The Labute approximate surface area is 137 Å². The first kappa shape index (κ1) is 16.0. The summed E-state index contributed by atoms with van der Waals surface area (Å²) < 4.78 is 11.5. The molecule has 1 N–H and O–H groups in total. The van der Waals surface area contributed by atoms with Crippen LogP contribution in [-0.2, 0) is 6.54 Å². The van der Waals surface area contributed by atoms with E-state index >= 15 is 0 Å². The molecular weight excluding hydrogens is 292 g/mol. The van der Waals surface area contributed by atoms with Crippen LogP contribution in [0.15, 0.2) is 18.2 Å². The second-order valence-corrected chi connectivity index (χ2v) is 6.36. The van der Waals surface area contributed by atoms with Crippen molar-refractivity contribution in [3.63, 3.8) is 0 Å². The molecule has 0 radical (unpaired) electrons. The van der Waals surface area contributed by atoms with Gasteiger partial charge in [-0.1, -0.05) is 6.07 Å². The van der Waals surface area contributed by atoms with Gasteiger partial charge in [-0.05, 0) is 56.2 Å². The van der Waals surface area contributed by atoms with Crippen LogP contribution in [0.4, 0.5) is 4.79 Å². The Morgan fingerprint density at radius 3 is 2.61 bits per heavy atom. The van der Waals surface area contributed by atoms with E-state index in [1.807, 2.05) is 23.1 Å². The topological polar surface area (TPSA) is 50.8 Å². The quantitative estimate of drug-likeness (QED) is 0.906. The molecule has 1 saturated carbocycles. The zero-order valence-corrected chi connectivity index (χ0v) is 13.8. The van der Waals surface area contributed by atoms with E-state index in [9.17, 15) is 4.79 Å². The zero-order chi connectivity index (χ0) is 16.1. The van der Waals surface area contributed by atoms with Gasteiger partial charge in [-0.15, -0.1) is 0 Å². The molecule has 5 heteroatoms. The van der Waals surface area contributed by atoms with Crippen LogP contribution in [-0.4, -0.2) is 37.2 Å². The van der Waals surface area contributed by atoms with Crippen molar-refractivity contribution >= 4 is 6.03 Å². The molecule has 1 aliphatic heterocycles. The molecule has 1 saturated heterocycles. The number of carbonyl (C=O) groups excluding carboxylic acids is 1. The molecule has 3 rings (SSSR count). The van der Waals surface area contributed by atoms with Gasteiger partial charge in [0.1, 0.15) is 0 Å². The minimum absolute atomic E-state index is 0.0246. The van der Waals surface area contributed by atoms with E-state index in [0.717, 1.165) is 55.8 Å². The number of nitrogens with one attached hydrogen (secondary N) is 1. The predicted octanol–water partition coefficient (Wildman–Crippen LogP) is 3.32. The fraction of sp³-hybridized carbons (Fsp3) is 0.611. The van der Waals surface area contributed by atoms with Crippen molar-refractivity contribution in [3.8, 4) is 11.5 Å². The van der Waals surface area contributed by atoms with Crippen molar-refractivity contribution in [2.75, 3.05) is 20.2 Å². The van der Waals surface area contributed by atoms with Crippen LogP contribution in [0.3, 0.4) is 0 Å². The van der Waals surface area contributed by atoms with Gasteiger partial charge in [0, 0.05) is 19.6 Å². The Morgan fingerprint density at radius 2 is 1.91 bits per heavy atom. The Morgan fingerprint density at radius 1 is 1.17 bits per heavy atom. The summed E-state index contributed by atoms with van der Waals surface area (Å²) in [7, 11) is 1.66. The maximum atomic E-state index is 12.1. The molecule has 2 amide bonds. The van der Waals surface area contributed by atoms with Crippen LogP contribution in [0, 0.1) is 0 Å². The number of amides is 2. The van der Waals surface area contributed by atoms with Gasteiger partial charge in [0.2, 0.25) is 0 Å². The molecule has 5 nitrogen and oxygen atoms in total. The molecule has 126 valence electrons. The first-order valence-corrected chi connectivity index (χ1v) is 8.62. The smallest absolute Gasteiger partial charge is 0.317 e. The van der Waals surface area contributed by atoms with Gasteiger partial charge in [-0.3, -0.25) is 0 Å². The fourth-order valence-corrected chi connectivity index (χ4v) is 3.32. The van der Waals surface area contributed by atoms with Crippen LogP contribution >= 0.6 is 0 Å². The molecule has 2 aliphatic rings. The number of benzene rings is 1. The van der Waals surface area contributed by atoms with Gasteiger partial charge in [-0.2, -0.15) is 0 Å². The first-order valence-electron chi connectivity index (χ1n) is 8.62. The van der Waals surface area contributed by atoms with E-state index in [1.165, 1.54) is 12.8 Å². The predicted molar refractivity (Wildman–Crippen MR) is 88.9 cm³/mol. The van der Waals surface area contributed by atoms with E-state index in [4.69, 9.17) is 9.47 Å². The highest BCUT2D eigenvalue weighted by molar-refractivity contribution is 5.74. The van der Waals surface area contributed by atoms with Crippen molar-refractivity contribution in [3.05, 3.63) is 23.8 Å². The maximum Gasteiger partial charge on any atom is 0.317 e. The summed E-state index contributed by atoms with van der Waals surface area (Å²) in [6.07, 6.45) is 7.19. The van der Waals surface area contributed by atoms with Crippen LogP contribution < -0.4 is 14.8 Å². The minimum Gasteiger partial charge on any atom is -0.493 e. The Hall–Kier alpha value is -1.91. The number of carbonyl (C=O) groups is 1. The summed E-state index contributed by atoms with van der Waals surface area (Å²) in [5.41, 5.74) is 1.03. The molecule has 0 bridgehead atoms. The van der Waals surface area contributed by atoms with Gasteiger partial charge in [-0.25, -0.2) is 4.79 Å². The van der Waals surface area contributed by atoms with Crippen LogP contribution in [0.2, 0.25) is 0 Å². The van der Waals surface area contributed by atoms with Crippen LogP contribution in [0.25, 0.3) is 0 Å². The van der Waals surface area contributed by atoms with Gasteiger partial charge in [0.15, 0.2) is 11.5 Å². The van der Waals surface area contributed by atoms with E-state index in [0.29, 0.717) is 12.6 Å². The number of rotatable bonds is 5. The van der Waals surface area contributed by atoms with Crippen molar-refractivity contribution in [1.29, 1.82) is 0 Å². The normalized spacial score (nSPS) is 18.2. The molecule has 1 heterocycles. The second-order valence-electron chi connectivity index (χ2n) is 6.36. The second kappa shape index (κ2) is 7.57. The van der Waals surface area contributed by atoms with E-state index in [2.05, 4.69) is 5.32 Å². The lowest BCUT2D eigenvalue weighted by Crippen LogP contribution is -2.37. The average Bonchev–Trinajstić information content (AvgIpc) is 3.26. The number of nitrogens with zero attached hydrogens (tertiary/aromatic N) is 1. The van der Waals surface area contributed by atoms with Crippen molar-refractivity contribution < 1.29 is 14.3 Å². The summed E-state index contributed by atoms with van der Waals surface area (Å²) in [5, 5.41) is 2.99. The third-order valence-corrected chi connectivity index (χ3v) is 4.66. The lowest BCUT2D eigenvalue weighted by atomic mass is 10.2.